The summed E-state index contributed by atoms with van der Waals surface area (Å²) in [4.78, 5) is 19.8. The van der Waals surface area contributed by atoms with Gasteiger partial charge >= 0.3 is 0 Å². The molecule has 0 spiro atoms. The van der Waals surface area contributed by atoms with E-state index in [1.165, 1.54) is 20.8 Å². The van der Waals surface area contributed by atoms with E-state index < -0.39 is 13.4 Å². The number of phosphoric ester groups is 1. The van der Waals surface area contributed by atoms with Crippen molar-refractivity contribution in [1.29, 1.82) is 0 Å². The summed E-state index contributed by atoms with van der Waals surface area (Å²) < 4.78 is 14.0. The minimum atomic E-state index is -4.79. The van der Waals surface area contributed by atoms with Crippen molar-refractivity contribution in [3.8, 4) is 0 Å². The van der Waals surface area contributed by atoms with Gasteiger partial charge in [-0.15, -0.1) is 0 Å². The van der Waals surface area contributed by atoms with Crippen molar-refractivity contribution < 1.29 is 41.3 Å². The van der Waals surface area contributed by atoms with E-state index in [9.17, 15) is 14.4 Å². The minimum absolute atomic E-state index is 0. The van der Waals surface area contributed by atoms with Crippen molar-refractivity contribution >= 4 is 7.82 Å². The summed E-state index contributed by atoms with van der Waals surface area (Å²) in [5.41, 5.74) is -0.904. The number of rotatable bonds is 1. The van der Waals surface area contributed by atoms with Crippen LogP contribution in [0.5, 0.6) is 0 Å². The van der Waals surface area contributed by atoms with E-state index >= 15 is 0 Å². The van der Waals surface area contributed by atoms with Crippen LogP contribution in [0.1, 0.15) is 20.8 Å². The molecule has 0 amide bonds. The maximum absolute atomic E-state index is 9.90. The Morgan fingerprint density at radius 1 is 1.30 bits per heavy atom. The molecule has 0 bridgehead atoms. The van der Waals surface area contributed by atoms with Gasteiger partial charge in [-0.25, -0.2) is 0 Å². The summed E-state index contributed by atoms with van der Waals surface area (Å²) in [6.07, 6.45) is 0. The van der Waals surface area contributed by atoms with Crippen LogP contribution in [0, 0.1) is 0 Å². The van der Waals surface area contributed by atoms with Crippen LogP contribution in [0.15, 0.2) is 0 Å². The molecule has 0 heterocycles. The monoisotopic (exact) mass is 259 g/mol. The Morgan fingerprint density at radius 2 is 1.60 bits per heavy atom. The van der Waals surface area contributed by atoms with Crippen molar-refractivity contribution in [2.24, 2.45) is 0 Å². The van der Waals surface area contributed by atoms with Gasteiger partial charge in [0.1, 0.15) is 0 Å². The maximum atomic E-state index is 9.90. The predicted octanol–water partition coefficient (Wildman–Crippen LogP) is -0.372. The van der Waals surface area contributed by atoms with Crippen LogP contribution >= 0.6 is 7.82 Å². The van der Waals surface area contributed by atoms with Crippen LogP contribution in [-0.2, 0) is 31.5 Å². The summed E-state index contributed by atoms with van der Waals surface area (Å²) in [7, 11) is -4.79. The second-order valence-electron chi connectivity index (χ2n) is 2.65. The topological polar surface area (TPSA) is 72.4 Å². The molecule has 1 radical (unpaired) electrons. The van der Waals surface area contributed by atoms with Crippen molar-refractivity contribution in [1.82, 2.24) is 0 Å². The largest absolute Gasteiger partial charge is 0.790 e. The normalized spacial score (nSPS) is 12.5. The van der Waals surface area contributed by atoms with Crippen LogP contribution < -0.4 is 9.79 Å². The van der Waals surface area contributed by atoms with Gasteiger partial charge in [0.25, 0.3) is 0 Å². The Bertz CT molecular complexity index is 135. The molecule has 0 aromatic carbocycles. The Balaban J connectivity index is 0. The number of hydrogen-bond donors (Lipinski definition) is 0. The zero-order chi connectivity index (χ0) is 7.71. The summed E-state index contributed by atoms with van der Waals surface area (Å²) in [6, 6.07) is 0. The third-order valence-electron chi connectivity index (χ3n) is 0.386. The Kier molecular flexibility index (Phi) is 5.41. The quantitative estimate of drug-likeness (QED) is 0.476. The second-order valence-corrected chi connectivity index (χ2v) is 3.73. The first kappa shape index (κ1) is 13.4. The van der Waals surface area contributed by atoms with Crippen LogP contribution in [-0.4, -0.2) is 5.60 Å². The average molecular weight is 260 g/mol. The van der Waals surface area contributed by atoms with Gasteiger partial charge in [-0.05, 0) is 20.8 Å². The summed E-state index contributed by atoms with van der Waals surface area (Å²) in [5.74, 6) is 0. The molecule has 0 aliphatic heterocycles. The van der Waals surface area contributed by atoms with Crippen LogP contribution in [0.4, 0.5) is 0 Å². The van der Waals surface area contributed by atoms with E-state index in [0.717, 1.165) is 0 Å². The van der Waals surface area contributed by atoms with Gasteiger partial charge in [-0.3, -0.25) is 0 Å². The third-order valence-corrected chi connectivity index (χ3v) is 1.16. The Labute approximate surface area is 75.7 Å². The third kappa shape index (κ3) is 11.6. The van der Waals surface area contributed by atoms with Crippen LogP contribution in [0.3, 0.4) is 0 Å². The fourth-order valence-electron chi connectivity index (χ4n) is 0.335. The van der Waals surface area contributed by atoms with Crippen LogP contribution in [0.25, 0.3) is 0 Å². The van der Waals surface area contributed by atoms with Crippen molar-refractivity contribution in [2.75, 3.05) is 0 Å². The van der Waals surface area contributed by atoms with Gasteiger partial charge < -0.3 is 18.9 Å². The molecule has 10 heavy (non-hydrogen) atoms. The molecule has 0 saturated carbocycles. The van der Waals surface area contributed by atoms with Gasteiger partial charge in [-0.2, -0.15) is 0 Å². The molecule has 0 saturated heterocycles. The molecule has 0 aromatic rings. The maximum Gasteiger partial charge on any atom is 0.0650 e. The second kappa shape index (κ2) is 4.02. The predicted molar refractivity (Wildman–Crippen MR) is 28.4 cm³/mol. The molecule has 4 nitrogen and oxygen atoms in total. The van der Waals surface area contributed by atoms with E-state index in [1.807, 2.05) is 0 Å². The first-order valence-corrected chi connectivity index (χ1v) is 3.90. The summed E-state index contributed by atoms with van der Waals surface area (Å²) in [6.45, 7) is 4.49. The van der Waals surface area contributed by atoms with E-state index in [2.05, 4.69) is 4.52 Å². The molecule has 0 aliphatic carbocycles. The van der Waals surface area contributed by atoms with E-state index in [-0.39, 0.29) is 22.4 Å². The minimum Gasteiger partial charge on any atom is -0.790 e. The first-order valence-electron chi connectivity index (χ1n) is 2.43. The molecule has 0 aliphatic rings. The van der Waals surface area contributed by atoms with Crippen molar-refractivity contribution in [2.45, 2.75) is 26.4 Å². The van der Waals surface area contributed by atoms with Gasteiger partial charge in [0.05, 0.1) is 13.4 Å². The van der Waals surface area contributed by atoms with E-state index in [0.29, 0.717) is 0 Å². The molecular weight excluding hydrogens is 251 g/mol. The van der Waals surface area contributed by atoms with Gasteiger partial charge in [-0.1, -0.05) is 0 Å². The molecule has 0 atom stereocenters. The Morgan fingerprint density at radius 3 is 1.60 bits per heavy atom. The van der Waals surface area contributed by atoms with Gasteiger partial charge in [0, 0.05) is 22.4 Å². The molecule has 67 valence electrons. The Hall–Kier alpha value is 0.850. The van der Waals surface area contributed by atoms with Gasteiger partial charge in [0.15, 0.2) is 0 Å². The molecule has 0 N–H and O–H groups in total. The molecule has 6 heteroatoms. The zero-order valence-corrected chi connectivity index (χ0v) is 8.26. The molecule has 0 rings (SSSR count). The molecule has 0 aromatic heterocycles. The average Bonchev–Trinajstić information content (AvgIpc) is 1.14. The molecule has 0 unspecified atom stereocenters. The number of phosphoric acid groups is 1. The molecular formula is C4H9AgO4P-2. The SMILES string of the molecule is CC(C)(C)OP(=O)([O-])[O-].[Ag]. The number of hydrogen-bond acceptors (Lipinski definition) is 4. The van der Waals surface area contributed by atoms with Crippen LogP contribution in [0.2, 0.25) is 0 Å². The van der Waals surface area contributed by atoms with Crippen molar-refractivity contribution in [3.63, 3.8) is 0 Å². The fourth-order valence-corrected chi connectivity index (χ4v) is 1.01. The summed E-state index contributed by atoms with van der Waals surface area (Å²) in [5, 5.41) is 0. The smallest absolute Gasteiger partial charge is 0.0650 e. The fraction of sp³-hybridized carbons (Fsp3) is 1.00. The molecule has 0 fully saturated rings. The summed E-state index contributed by atoms with van der Waals surface area (Å²) >= 11 is 0. The first-order chi connectivity index (χ1) is 3.71. The standard InChI is InChI=1S/C4H11O4P.Ag/c1-4(2,3)8-9(5,6)7;/h1-3H3,(H2,5,6,7);/p-2. The van der Waals surface area contributed by atoms with Gasteiger partial charge in [0.2, 0.25) is 0 Å². The van der Waals surface area contributed by atoms with E-state index in [1.54, 1.807) is 0 Å². The zero-order valence-electron chi connectivity index (χ0n) is 5.88. The van der Waals surface area contributed by atoms with Crippen molar-refractivity contribution in [3.05, 3.63) is 0 Å². The van der Waals surface area contributed by atoms with E-state index in [4.69, 9.17) is 0 Å².